The molecule has 1 fully saturated rings. The van der Waals surface area contributed by atoms with Gasteiger partial charge in [-0.25, -0.2) is 0 Å². The van der Waals surface area contributed by atoms with Crippen LogP contribution in [0.25, 0.3) is 5.57 Å². The van der Waals surface area contributed by atoms with Crippen LogP contribution in [0, 0.1) is 0 Å². The van der Waals surface area contributed by atoms with Crippen LogP contribution >= 0.6 is 0 Å². The zero-order valence-electron chi connectivity index (χ0n) is 16.7. The van der Waals surface area contributed by atoms with Gasteiger partial charge in [-0.2, -0.15) is 0 Å². The van der Waals surface area contributed by atoms with Gasteiger partial charge in [0.25, 0.3) is 0 Å². The van der Waals surface area contributed by atoms with Crippen molar-refractivity contribution in [3.05, 3.63) is 72.3 Å². The fraction of sp³-hybridized carbons (Fsp3) is 0.391. The average Bonchev–Trinajstić information content (AvgIpc) is 2.73. The minimum atomic E-state index is -0.751. The van der Waals surface area contributed by atoms with Crippen molar-refractivity contribution >= 4 is 19.6 Å². The molecule has 27 heavy (non-hydrogen) atoms. The quantitative estimate of drug-likeness (QED) is 0.656. The van der Waals surface area contributed by atoms with Gasteiger partial charge in [0, 0.05) is 39.0 Å². The molecule has 2 aromatic carbocycles. The molecule has 0 saturated carbocycles. The number of benzene rings is 2. The Bertz CT molecular complexity index is 709. The maximum Gasteiger partial charge on any atom is 0.132 e. The van der Waals surface area contributed by atoms with Crippen molar-refractivity contribution in [2.45, 2.75) is 6.92 Å². The highest BCUT2D eigenvalue weighted by molar-refractivity contribution is 6.73. The molecule has 0 aromatic heterocycles. The molecule has 3 rings (SSSR count). The van der Waals surface area contributed by atoms with Crippen molar-refractivity contribution in [2.75, 3.05) is 52.2 Å². The third kappa shape index (κ3) is 5.63. The molecule has 1 radical (unpaired) electrons. The Morgan fingerprint density at radius 1 is 0.963 bits per heavy atom. The Balaban J connectivity index is 1.69. The van der Waals surface area contributed by atoms with E-state index in [9.17, 15) is 0 Å². The molecule has 0 aliphatic carbocycles. The fourth-order valence-electron chi connectivity index (χ4n) is 3.43. The van der Waals surface area contributed by atoms with Crippen LogP contribution in [0.2, 0.25) is 0 Å². The monoisotopic (exact) mass is 379 g/mol. The first-order valence-electron chi connectivity index (χ1n) is 9.86. The summed E-state index contributed by atoms with van der Waals surface area (Å²) in [5.41, 5.74) is 3.46. The summed E-state index contributed by atoms with van der Waals surface area (Å²) in [6.07, 6.45) is 2.05. The molecule has 0 N–H and O–H groups in total. The van der Waals surface area contributed by atoms with Gasteiger partial charge in [0.1, 0.15) is 8.80 Å². The molecule has 0 atom stereocenters. The van der Waals surface area contributed by atoms with Crippen LogP contribution in [0.5, 0.6) is 0 Å². The third-order valence-electron chi connectivity index (χ3n) is 5.25. The summed E-state index contributed by atoms with van der Waals surface area (Å²) >= 11 is 0. The van der Waals surface area contributed by atoms with Gasteiger partial charge < -0.3 is 14.5 Å². The Hall–Kier alpha value is -1.72. The number of hydrogen-bond donors (Lipinski definition) is 0. The van der Waals surface area contributed by atoms with Gasteiger partial charge >= 0.3 is 0 Å². The van der Waals surface area contributed by atoms with Crippen LogP contribution in [-0.4, -0.2) is 70.8 Å². The first-order chi connectivity index (χ1) is 13.2. The van der Waals surface area contributed by atoms with Gasteiger partial charge in [-0.05, 0) is 36.8 Å². The summed E-state index contributed by atoms with van der Waals surface area (Å²) in [7, 11) is 1.46. The number of hydrogen-bond acceptors (Lipinski definition) is 3. The van der Waals surface area contributed by atoms with Crippen LogP contribution in [0.1, 0.15) is 18.1 Å². The van der Waals surface area contributed by atoms with Crippen LogP contribution in [-0.2, 0) is 4.74 Å². The maximum atomic E-state index is 5.85. The van der Waals surface area contributed by atoms with E-state index in [0.717, 1.165) is 24.6 Å². The highest BCUT2D eigenvalue weighted by Crippen LogP contribution is 2.20. The van der Waals surface area contributed by atoms with Gasteiger partial charge in [-0.1, -0.05) is 66.4 Å². The molecule has 0 bridgehead atoms. The van der Waals surface area contributed by atoms with E-state index in [1.165, 1.54) is 42.5 Å². The van der Waals surface area contributed by atoms with Gasteiger partial charge in [-0.3, -0.25) is 0 Å². The molecule has 1 aliphatic heterocycles. The summed E-state index contributed by atoms with van der Waals surface area (Å²) in [6.45, 7) is 11.8. The molecule has 2 aromatic rings. The number of piperazine rings is 1. The number of ether oxygens (including phenoxy) is 1. The zero-order valence-corrected chi connectivity index (χ0v) is 17.7. The van der Waals surface area contributed by atoms with Gasteiger partial charge in [0.2, 0.25) is 0 Å². The minimum Gasteiger partial charge on any atom is -0.385 e. The standard InChI is InChI=1S/C23H31N2OSi/c1-4-26-19-27(18-25-16-14-24(3)15-17-25)23-12-10-22(11-13-23)20(2)21-8-6-5-7-9-21/h5-13H,2,4,14-19H2,1,3H3. The first kappa shape index (κ1) is 20.0. The van der Waals surface area contributed by atoms with Crippen molar-refractivity contribution in [1.29, 1.82) is 0 Å². The van der Waals surface area contributed by atoms with Crippen LogP contribution in [0.15, 0.2) is 61.2 Å². The summed E-state index contributed by atoms with van der Waals surface area (Å²) in [4.78, 5) is 5.03. The zero-order chi connectivity index (χ0) is 19.1. The fourth-order valence-corrected chi connectivity index (χ4v) is 5.82. The molecular weight excluding hydrogens is 348 g/mol. The van der Waals surface area contributed by atoms with Crippen molar-refractivity contribution in [3.8, 4) is 0 Å². The third-order valence-corrected chi connectivity index (χ3v) is 7.79. The van der Waals surface area contributed by atoms with E-state index in [2.05, 4.69) is 78.9 Å². The molecule has 1 saturated heterocycles. The van der Waals surface area contributed by atoms with E-state index in [4.69, 9.17) is 4.74 Å². The lowest BCUT2D eigenvalue weighted by atomic mass is 10.00. The SMILES string of the molecule is C=C(c1ccccc1)c1ccc([Si](COCC)CN2CCN(C)CC2)cc1. The second kappa shape index (κ2) is 9.99. The van der Waals surface area contributed by atoms with Gasteiger partial charge in [-0.15, -0.1) is 0 Å². The molecular formula is C23H31N2OSi. The predicted molar refractivity (Wildman–Crippen MR) is 117 cm³/mol. The first-order valence-corrected chi connectivity index (χ1v) is 11.8. The predicted octanol–water partition coefficient (Wildman–Crippen LogP) is 2.81. The highest BCUT2D eigenvalue weighted by atomic mass is 28.3. The molecule has 0 amide bonds. The summed E-state index contributed by atoms with van der Waals surface area (Å²) in [5.74, 6) is 0. The summed E-state index contributed by atoms with van der Waals surface area (Å²) < 4.78 is 5.85. The van der Waals surface area contributed by atoms with Crippen LogP contribution < -0.4 is 5.19 Å². The lowest BCUT2D eigenvalue weighted by molar-refractivity contribution is 0.164. The van der Waals surface area contributed by atoms with Crippen molar-refractivity contribution in [1.82, 2.24) is 9.80 Å². The molecule has 4 heteroatoms. The minimum absolute atomic E-state index is 0.751. The Morgan fingerprint density at radius 3 is 2.22 bits per heavy atom. The summed E-state index contributed by atoms with van der Waals surface area (Å²) in [6, 6.07) is 19.5. The van der Waals surface area contributed by atoms with Gasteiger partial charge in [0.05, 0.1) is 0 Å². The largest absolute Gasteiger partial charge is 0.385 e. The molecule has 3 nitrogen and oxygen atoms in total. The Kier molecular flexibility index (Phi) is 7.41. The summed E-state index contributed by atoms with van der Waals surface area (Å²) in [5, 5.41) is 1.46. The Morgan fingerprint density at radius 2 is 1.59 bits per heavy atom. The second-order valence-corrected chi connectivity index (χ2v) is 9.63. The van der Waals surface area contributed by atoms with E-state index in [1.54, 1.807) is 0 Å². The van der Waals surface area contributed by atoms with Crippen LogP contribution in [0.4, 0.5) is 0 Å². The van der Waals surface area contributed by atoms with Crippen molar-refractivity contribution in [2.24, 2.45) is 0 Å². The van der Waals surface area contributed by atoms with Crippen molar-refractivity contribution in [3.63, 3.8) is 0 Å². The average molecular weight is 380 g/mol. The molecule has 0 unspecified atom stereocenters. The molecule has 1 aliphatic rings. The molecule has 143 valence electrons. The number of likely N-dealkylation sites (N-methyl/N-ethyl adjacent to an activating group) is 1. The normalized spacial score (nSPS) is 16.0. The van der Waals surface area contributed by atoms with E-state index in [1.807, 2.05) is 6.07 Å². The highest BCUT2D eigenvalue weighted by Gasteiger charge is 2.21. The van der Waals surface area contributed by atoms with Gasteiger partial charge in [0.15, 0.2) is 0 Å². The number of nitrogens with zero attached hydrogens (tertiary/aromatic N) is 2. The van der Waals surface area contributed by atoms with Crippen molar-refractivity contribution < 1.29 is 4.74 Å². The smallest absolute Gasteiger partial charge is 0.132 e. The van der Waals surface area contributed by atoms with Crippen LogP contribution in [0.3, 0.4) is 0 Å². The molecule has 0 spiro atoms. The maximum absolute atomic E-state index is 5.85. The topological polar surface area (TPSA) is 15.7 Å². The van der Waals surface area contributed by atoms with E-state index < -0.39 is 8.80 Å². The number of rotatable bonds is 8. The van der Waals surface area contributed by atoms with E-state index in [-0.39, 0.29) is 0 Å². The van der Waals surface area contributed by atoms with E-state index >= 15 is 0 Å². The lowest BCUT2D eigenvalue weighted by Crippen LogP contribution is -2.52. The second-order valence-electron chi connectivity index (χ2n) is 7.24. The lowest BCUT2D eigenvalue weighted by Gasteiger charge is -2.34. The van der Waals surface area contributed by atoms with E-state index in [0.29, 0.717) is 0 Å². The Labute approximate surface area is 165 Å². The molecule has 1 heterocycles.